The highest BCUT2D eigenvalue weighted by Gasteiger charge is 2.37. The number of esters is 1. The maximum atomic E-state index is 11.5. The van der Waals surface area contributed by atoms with Gasteiger partial charge >= 0.3 is 11.9 Å². The normalized spacial score (nSPS) is 23.5. The summed E-state index contributed by atoms with van der Waals surface area (Å²) in [6.45, 7) is 5.57. The fourth-order valence-electron chi connectivity index (χ4n) is 2.06. The molecule has 0 aromatic rings. The van der Waals surface area contributed by atoms with Crippen LogP contribution in [0.1, 0.15) is 45.4 Å². The van der Waals surface area contributed by atoms with E-state index in [1.165, 1.54) is 12.8 Å². The average molecular weight is 240 g/mol. The zero-order valence-electron chi connectivity index (χ0n) is 10.3. The molecule has 2 atom stereocenters. The summed E-state index contributed by atoms with van der Waals surface area (Å²) in [5.74, 6) is -2.19. The monoisotopic (exact) mass is 240 g/mol. The van der Waals surface area contributed by atoms with Crippen LogP contribution in [0.15, 0.2) is 12.2 Å². The highest BCUT2D eigenvalue weighted by atomic mass is 16.6. The molecule has 0 aliphatic carbocycles. The lowest BCUT2D eigenvalue weighted by Gasteiger charge is -2.07. The maximum absolute atomic E-state index is 11.5. The summed E-state index contributed by atoms with van der Waals surface area (Å²) >= 11 is 0. The van der Waals surface area contributed by atoms with Gasteiger partial charge in [0.1, 0.15) is 6.10 Å². The Bertz CT molecular complexity index is 309. The Balaban J connectivity index is 2.36. The van der Waals surface area contributed by atoms with Gasteiger partial charge in [-0.05, 0) is 12.8 Å². The van der Waals surface area contributed by atoms with E-state index in [9.17, 15) is 9.59 Å². The first-order valence-corrected chi connectivity index (χ1v) is 6.18. The topological polar surface area (TPSA) is 63.6 Å². The summed E-state index contributed by atoms with van der Waals surface area (Å²) < 4.78 is 5.16. The van der Waals surface area contributed by atoms with Gasteiger partial charge in [0.15, 0.2) is 0 Å². The molecular weight excluding hydrogens is 220 g/mol. The Morgan fingerprint density at radius 3 is 2.76 bits per heavy atom. The number of unbranched alkanes of at least 4 members (excludes halogenated alkanes) is 3. The van der Waals surface area contributed by atoms with E-state index < -0.39 is 17.9 Å². The average Bonchev–Trinajstić information content (AvgIpc) is 2.65. The van der Waals surface area contributed by atoms with Crippen LogP contribution in [-0.2, 0) is 14.3 Å². The van der Waals surface area contributed by atoms with E-state index in [4.69, 9.17) is 9.84 Å². The number of carboxylic acid groups (broad SMARTS) is 1. The zero-order chi connectivity index (χ0) is 12.8. The van der Waals surface area contributed by atoms with E-state index in [-0.39, 0.29) is 11.7 Å². The summed E-state index contributed by atoms with van der Waals surface area (Å²) in [5.41, 5.74) is -0.0499. The van der Waals surface area contributed by atoms with Crippen molar-refractivity contribution >= 4 is 11.9 Å². The van der Waals surface area contributed by atoms with Gasteiger partial charge in [-0.25, -0.2) is 4.79 Å². The number of ether oxygens (including phenoxy) is 1. The fourth-order valence-corrected chi connectivity index (χ4v) is 2.06. The molecule has 0 spiro atoms. The van der Waals surface area contributed by atoms with Gasteiger partial charge in [0.2, 0.25) is 0 Å². The van der Waals surface area contributed by atoms with E-state index in [0.717, 1.165) is 19.3 Å². The predicted octanol–water partition coefficient (Wildman–Crippen LogP) is 2.53. The zero-order valence-corrected chi connectivity index (χ0v) is 10.3. The summed E-state index contributed by atoms with van der Waals surface area (Å²) in [4.78, 5) is 22.2. The number of hydrogen-bond acceptors (Lipinski definition) is 3. The quantitative estimate of drug-likeness (QED) is 0.422. The van der Waals surface area contributed by atoms with Crippen LogP contribution in [0.3, 0.4) is 0 Å². The van der Waals surface area contributed by atoms with Crippen LogP contribution in [0.25, 0.3) is 0 Å². The van der Waals surface area contributed by atoms with Crippen LogP contribution in [0.2, 0.25) is 0 Å². The summed E-state index contributed by atoms with van der Waals surface area (Å²) in [6, 6.07) is 0. The van der Waals surface area contributed by atoms with Gasteiger partial charge in [-0.3, -0.25) is 4.79 Å². The minimum absolute atomic E-state index is 0.0499. The van der Waals surface area contributed by atoms with E-state index >= 15 is 0 Å². The first-order chi connectivity index (χ1) is 8.06. The Kier molecular flexibility index (Phi) is 5.19. The molecule has 17 heavy (non-hydrogen) atoms. The number of carbonyl (C=O) groups is 2. The van der Waals surface area contributed by atoms with Crippen molar-refractivity contribution in [2.45, 2.75) is 51.6 Å². The predicted molar refractivity (Wildman–Crippen MR) is 63.5 cm³/mol. The van der Waals surface area contributed by atoms with Crippen LogP contribution in [0.4, 0.5) is 0 Å². The van der Waals surface area contributed by atoms with Crippen molar-refractivity contribution in [3.63, 3.8) is 0 Å². The molecular formula is C13H20O4. The molecule has 4 nitrogen and oxygen atoms in total. The fraction of sp³-hybridized carbons (Fsp3) is 0.692. The lowest BCUT2D eigenvalue weighted by Crippen LogP contribution is -2.15. The van der Waals surface area contributed by atoms with Crippen molar-refractivity contribution in [2.24, 2.45) is 5.92 Å². The number of aliphatic carboxylic acids is 1. The number of rotatable bonds is 7. The smallest absolute Gasteiger partial charge is 0.331 e. The molecule has 0 radical (unpaired) electrons. The molecule has 1 aliphatic rings. The van der Waals surface area contributed by atoms with Crippen molar-refractivity contribution in [2.75, 3.05) is 0 Å². The lowest BCUT2D eigenvalue weighted by atomic mass is 9.95. The van der Waals surface area contributed by atoms with Crippen molar-refractivity contribution in [3.05, 3.63) is 12.2 Å². The van der Waals surface area contributed by atoms with Gasteiger partial charge in [0.05, 0.1) is 5.92 Å². The molecule has 1 heterocycles. The number of cyclic esters (lactones) is 1. The third-order valence-electron chi connectivity index (χ3n) is 3.14. The molecule has 0 aromatic heterocycles. The van der Waals surface area contributed by atoms with Crippen LogP contribution < -0.4 is 0 Å². The number of carbonyl (C=O) groups excluding carboxylic acids is 1. The molecule has 1 fully saturated rings. The minimum atomic E-state index is -1.11. The number of hydrogen-bond donors (Lipinski definition) is 1. The molecule has 0 unspecified atom stereocenters. The minimum Gasteiger partial charge on any atom is -0.478 e. The van der Waals surface area contributed by atoms with Crippen LogP contribution in [0.5, 0.6) is 0 Å². The molecule has 1 saturated heterocycles. The van der Waals surface area contributed by atoms with Gasteiger partial charge < -0.3 is 9.84 Å². The van der Waals surface area contributed by atoms with E-state index in [1.54, 1.807) is 0 Å². The van der Waals surface area contributed by atoms with E-state index in [1.807, 2.05) is 0 Å². The second-order valence-corrected chi connectivity index (χ2v) is 4.53. The molecule has 1 aliphatic heterocycles. The first kappa shape index (κ1) is 13.7. The van der Waals surface area contributed by atoms with Gasteiger partial charge in [-0.1, -0.05) is 32.8 Å². The van der Waals surface area contributed by atoms with E-state index in [0.29, 0.717) is 6.42 Å². The number of carboxylic acids is 1. The molecule has 96 valence electrons. The molecule has 0 amide bonds. The highest BCUT2D eigenvalue weighted by molar-refractivity contribution is 5.94. The van der Waals surface area contributed by atoms with Crippen molar-refractivity contribution < 1.29 is 19.4 Å². The lowest BCUT2D eigenvalue weighted by molar-refractivity contribution is -0.145. The largest absolute Gasteiger partial charge is 0.478 e. The Morgan fingerprint density at radius 1 is 1.47 bits per heavy atom. The van der Waals surface area contributed by atoms with Gasteiger partial charge in [0, 0.05) is 12.0 Å². The third kappa shape index (κ3) is 3.88. The van der Waals surface area contributed by atoms with Crippen molar-refractivity contribution in [3.8, 4) is 0 Å². The molecule has 4 heteroatoms. The SMILES string of the molecule is C=C(C(=O)O)[C@H]1C[C@@H](CCCCCC)OC1=O. The summed E-state index contributed by atoms with van der Waals surface area (Å²) in [5, 5.41) is 8.79. The van der Waals surface area contributed by atoms with Gasteiger partial charge in [-0.15, -0.1) is 0 Å². The van der Waals surface area contributed by atoms with Gasteiger partial charge in [0.25, 0.3) is 0 Å². The van der Waals surface area contributed by atoms with Crippen LogP contribution in [0, 0.1) is 5.92 Å². The van der Waals surface area contributed by atoms with Crippen molar-refractivity contribution in [1.82, 2.24) is 0 Å². The summed E-state index contributed by atoms with van der Waals surface area (Å²) in [7, 11) is 0. The summed E-state index contributed by atoms with van der Waals surface area (Å²) in [6.07, 6.45) is 5.69. The standard InChI is InChI=1S/C13H20O4/c1-3-4-5-6-7-10-8-11(13(16)17-10)9(2)12(14)15/h10-11H,2-8H2,1H3,(H,14,15)/t10-,11-/m1/s1. The Labute approximate surface area is 102 Å². The molecule has 0 saturated carbocycles. The van der Waals surface area contributed by atoms with Crippen molar-refractivity contribution in [1.29, 1.82) is 0 Å². The second-order valence-electron chi connectivity index (χ2n) is 4.53. The molecule has 0 aromatic carbocycles. The Hall–Kier alpha value is -1.32. The molecule has 1 rings (SSSR count). The highest BCUT2D eigenvalue weighted by Crippen LogP contribution is 2.29. The van der Waals surface area contributed by atoms with E-state index in [2.05, 4.69) is 13.5 Å². The van der Waals surface area contributed by atoms with Gasteiger partial charge in [-0.2, -0.15) is 0 Å². The second kappa shape index (κ2) is 6.42. The maximum Gasteiger partial charge on any atom is 0.331 e. The van der Waals surface area contributed by atoms with Crippen LogP contribution >= 0.6 is 0 Å². The first-order valence-electron chi connectivity index (χ1n) is 6.18. The Morgan fingerprint density at radius 2 is 2.18 bits per heavy atom. The van der Waals surface area contributed by atoms with Crippen LogP contribution in [-0.4, -0.2) is 23.1 Å². The molecule has 0 bridgehead atoms. The molecule has 1 N–H and O–H groups in total. The third-order valence-corrected chi connectivity index (χ3v) is 3.14.